The molecule has 0 unspecified atom stereocenters. The lowest BCUT2D eigenvalue weighted by Crippen LogP contribution is -2.36. The normalized spacial score (nSPS) is 18.8. The molecule has 0 spiro atoms. The van der Waals surface area contributed by atoms with Gasteiger partial charge < -0.3 is 15.7 Å². The minimum Gasteiger partial charge on any atom is -0.396 e. The van der Waals surface area contributed by atoms with E-state index in [1.165, 1.54) is 0 Å². The molecule has 1 fully saturated rings. The zero-order valence-corrected chi connectivity index (χ0v) is 7.39. The molecule has 1 aliphatic carbocycles. The predicted octanol–water partition coefficient (Wildman–Crippen LogP) is -0.905. The zero-order chi connectivity index (χ0) is 9.03. The number of nitrogens with one attached hydrogen (secondary N) is 2. The van der Waals surface area contributed by atoms with Gasteiger partial charge in [0, 0.05) is 12.0 Å². The Kier molecular flexibility index (Phi) is 3.05. The predicted molar refractivity (Wildman–Crippen MR) is 45.7 cm³/mol. The summed E-state index contributed by atoms with van der Waals surface area (Å²) in [5, 5.41) is 14.5. The van der Waals surface area contributed by atoms with E-state index in [0.717, 1.165) is 12.8 Å². The average Bonchev–Trinajstić information content (AvgIpc) is 2.82. The highest BCUT2D eigenvalue weighted by atomic mass is 16.3. The lowest BCUT2D eigenvalue weighted by Gasteiger charge is -2.12. The number of likely N-dealkylation sites (N-methyl/N-ethyl adjacent to an activating group) is 1. The molecule has 0 atom stereocenters. The summed E-state index contributed by atoms with van der Waals surface area (Å²) in [5.74, 6) is -0.00257. The van der Waals surface area contributed by atoms with E-state index in [-0.39, 0.29) is 17.9 Å². The van der Waals surface area contributed by atoms with Crippen LogP contribution in [0.4, 0.5) is 0 Å². The van der Waals surface area contributed by atoms with E-state index in [9.17, 15) is 4.79 Å². The van der Waals surface area contributed by atoms with Gasteiger partial charge in [0.2, 0.25) is 5.91 Å². The molecule has 0 aromatic carbocycles. The standard InChI is InChI=1S/C8H16N2O2/c1-9-4-7(12)10-5-8(6-11)2-3-8/h9,11H,2-6H2,1H3,(H,10,12). The van der Waals surface area contributed by atoms with Gasteiger partial charge in [0.25, 0.3) is 0 Å². The van der Waals surface area contributed by atoms with Crippen LogP contribution in [-0.2, 0) is 4.79 Å². The summed E-state index contributed by atoms with van der Waals surface area (Å²) in [7, 11) is 1.73. The largest absolute Gasteiger partial charge is 0.396 e. The molecule has 1 amide bonds. The van der Waals surface area contributed by atoms with Crippen LogP contribution < -0.4 is 10.6 Å². The van der Waals surface area contributed by atoms with E-state index in [2.05, 4.69) is 10.6 Å². The fraction of sp³-hybridized carbons (Fsp3) is 0.875. The summed E-state index contributed by atoms with van der Waals surface area (Å²) in [6.45, 7) is 1.15. The molecule has 1 rings (SSSR count). The van der Waals surface area contributed by atoms with E-state index >= 15 is 0 Å². The molecular formula is C8H16N2O2. The number of aliphatic hydroxyl groups excluding tert-OH is 1. The van der Waals surface area contributed by atoms with E-state index in [4.69, 9.17) is 5.11 Å². The number of hydrogen-bond donors (Lipinski definition) is 3. The number of rotatable bonds is 5. The lowest BCUT2D eigenvalue weighted by molar-refractivity contribution is -0.120. The molecule has 0 aliphatic heterocycles. The van der Waals surface area contributed by atoms with E-state index in [1.807, 2.05) is 0 Å². The van der Waals surface area contributed by atoms with Crippen LogP contribution in [0.25, 0.3) is 0 Å². The lowest BCUT2D eigenvalue weighted by atomic mass is 10.1. The summed E-state index contributed by atoms with van der Waals surface area (Å²) in [6, 6.07) is 0. The molecule has 3 N–H and O–H groups in total. The second-order valence-electron chi connectivity index (χ2n) is 3.47. The quantitative estimate of drug-likeness (QED) is 0.503. The molecule has 4 heteroatoms. The third kappa shape index (κ3) is 2.46. The summed E-state index contributed by atoms with van der Waals surface area (Å²) in [6.07, 6.45) is 2.06. The average molecular weight is 172 g/mol. The van der Waals surface area contributed by atoms with Crippen LogP contribution in [0.3, 0.4) is 0 Å². The Morgan fingerprint density at radius 3 is 2.67 bits per heavy atom. The highest BCUT2D eigenvalue weighted by Crippen LogP contribution is 2.44. The molecule has 0 bridgehead atoms. The highest BCUT2D eigenvalue weighted by Gasteiger charge is 2.41. The van der Waals surface area contributed by atoms with Gasteiger partial charge in [-0.1, -0.05) is 0 Å². The molecule has 12 heavy (non-hydrogen) atoms. The van der Waals surface area contributed by atoms with Crippen LogP contribution >= 0.6 is 0 Å². The molecule has 1 saturated carbocycles. The fourth-order valence-corrected chi connectivity index (χ4v) is 1.08. The molecule has 0 aromatic rings. The Morgan fingerprint density at radius 2 is 2.25 bits per heavy atom. The first-order valence-electron chi connectivity index (χ1n) is 4.25. The summed E-state index contributed by atoms with van der Waals surface area (Å²) >= 11 is 0. The smallest absolute Gasteiger partial charge is 0.233 e. The maximum atomic E-state index is 11.0. The molecular weight excluding hydrogens is 156 g/mol. The van der Waals surface area contributed by atoms with Crippen molar-refractivity contribution in [2.75, 3.05) is 26.7 Å². The van der Waals surface area contributed by atoms with Crippen molar-refractivity contribution >= 4 is 5.91 Å². The van der Waals surface area contributed by atoms with Gasteiger partial charge in [-0.3, -0.25) is 4.79 Å². The van der Waals surface area contributed by atoms with Crippen LogP contribution in [0.1, 0.15) is 12.8 Å². The van der Waals surface area contributed by atoms with Crippen LogP contribution in [0.2, 0.25) is 0 Å². The Labute approximate surface area is 72.3 Å². The van der Waals surface area contributed by atoms with Crippen molar-refractivity contribution < 1.29 is 9.90 Å². The third-order valence-electron chi connectivity index (χ3n) is 2.29. The molecule has 1 aliphatic rings. The second-order valence-corrected chi connectivity index (χ2v) is 3.47. The van der Waals surface area contributed by atoms with Gasteiger partial charge in [-0.15, -0.1) is 0 Å². The van der Waals surface area contributed by atoms with Crippen LogP contribution in [0, 0.1) is 5.41 Å². The van der Waals surface area contributed by atoms with Crippen molar-refractivity contribution in [2.45, 2.75) is 12.8 Å². The first kappa shape index (κ1) is 9.48. The number of amides is 1. The monoisotopic (exact) mass is 172 g/mol. The Morgan fingerprint density at radius 1 is 1.58 bits per heavy atom. The minimum atomic E-state index is -0.00257. The van der Waals surface area contributed by atoms with Gasteiger partial charge >= 0.3 is 0 Å². The van der Waals surface area contributed by atoms with Gasteiger partial charge in [-0.25, -0.2) is 0 Å². The van der Waals surface area contributed by atoms with E-state index < -0.39 is 0 Å². The first-order chi connectivity index (χ1) is 5.72. The highest BCUT2D eigenvalue weighted by molar-refractivity contribution is 5.78. The van der Waals surface area contributed by atoms with Crippen molar-refractivity contribution in [3.8, 4) is 0 Å². The number of carbonyl (C=O) groups is 1. The van der Waals surface area contributed by atoms with E-state index in [0.29, 0.717) is 13.1 Å². The van der Waals surface area contributed by atoms with Gasteiger partial charge in [-0.2, -0.15) is 0 Å². The van der Waals surface area contributed by atoms with Crippen molar-refractivity contribution in [1.82, 2.24) is 10.6 Å². The van der Waals surface area contributed by atoms with Crippen molar-refractivity contribution in [1.29, 1.82) is 0 Å². The van der Waals surface area contributed by atoms with Crippen molar-refractivity contribution in [2.24, 2.45) is 5.41 Å². The second kappa shape index (κ2) is 3.87. The maximum absolute atomic E-state index is 11.0. The Hall–Kier alpha value is -0.610. The fourth-order valence-electron chi connectivity index (χ4n) is 1.08. The molecule has 0 aromatic heterocycles. The van der Waals surface area contributed by atoms with Crippen molar-refractivity contribution in [3.05, 3.63) is 0 Å². The SMILES string of the molecule is CNCC(=O)NCC1(CO)CC1. The van der Waals surface area contributed by atoms with Crippen molar-refractivity contribution in [3.63, 3.8) is 0 Å². The maximum Gasteiger partial charge on any atom is 0.233 e. The van der Waals surface area contributed by atoms with Crippen LogP contribution in [0.15, 0.2) is 0 Å². The molecule has 0 saturated heterocycles. The number of hydrogen-bond acceptors (Lipinski definition) is 3. The van der Waals surface area contributed by atoms with Gasteiger partial charge in [0.05, 0.1) is 13.2 Å². The number of carbonyl (C=O) groups excluding carboxylic acids is 1. The first-order valence-corrected chi connectivity index (χ1v) is 4.25. The topological polar surface area (TPSA) is 61.4 Å². The molecule has 4 nitrogen and oxygen atoms in total. The van der Waals surface area contributed by atoms with Gasteiger partial charge in [0.1, 0.15) is 0 Å². The summed E-state index contributed by atoms with van der Waals surface area (Å²) in [4.78, 5) is 11.0. The van der Waals surface area contributed by atoms with Gasteiger partial charge in [0.15, 0.2) is 0 Å². The number of aliphatic hydroxyl groups is 1. The Balaban J connectivity index is 2.12. The van der Waals surface area contributed by atoms with Crippen LogP contribution in [-0.4, -0.2) is 37.8 Å². The molecule has 70 valence electrons. The molecule has 0 heterocycles. The minimum absolute atomic E-state index is 0.00257. The van der Waals surface area contributed by atoms with E-state index in [1.54, 1.807) is 7.05 Å². The third-order valence-corrected chi connectivity index (χ3v) is 2.29. The summed E-state index contributed by atoms with van der Waals surface area (Å²) in [5.41, 5.74) is 0.0173. The molecule has 0 radical (unpaired) electrons. The van der Waals surface area contributed by atoms with Gasteiger partial charge in [-0.05, 0) is 19.9 Å². The van der Waals surface area contributed by atoms with Crippen LogP contribution in [0.5, 0.6) is 0 Å². The zero-order valence-electron chi connectivity index (χ0n) is 7.39. The summed E-state index contributed by atoms with van der Waals surface area (Å²) < 4.78 is 0. The Bertz CT molecular complexity index is 166.